The van der Waals surface area contributed by atoms with E-state index in [1.54, 1.807) is 19.4 Å². The zero-order valence-electron chi connectivity index (χ0n) is 23.4. The van der Waals surface area contributed by atoms with Gasteiger partial charge in [-0.3, -0.25) is 9.78 Å². The SMILES string of the molecule is Cc1ccc2c(ncn2C2CCCCO2)c1C1[C@@H](C)N(C(=O)O)C[C@@H]2C(=O)N(C)c3cnc4c(F)cc(Cl)cc4c3N12. The molecule has 3 aliphatic rings. The number of aromatic nitrogens is 3. The van der Waals surface area contributed by atoms with E-state index in [1.807, 2.05) is 35.4 Å². The van der Waals surface area contributed by atoms with Gasteiger partial charge in [0.2, 0.25) is 0 Å². The number of likely N-dealkylation sites (N-methyl/N-ethyl adjacent to an activating group) is 1. The molecule has 2 amide bonds. The summed E-state index contributed by atoms with van der Waals surface area (Å²) in [6.07, 6.45) is 4.96. The smallest absolute Gasteiger partial charge is 0.407 e. The Labute approximate surface area is 246 Å². The first kappa shape index (κ1) is 26.9. The van der Waals surface area contributed by atoms with E-state index in [0.717, 1.165) is 35.9 Å². The molecule has 2 saturated heterocycles. The number of hydrogen-bond donors (Lipinski definition) is 1. The lowest BCUT2D eigenvalue weighted by molar-refractivity contribution is -0.121. The molecule has 7 rings (SSSR count). The number of carbonyl (C=O) groups excluding carboxylic acids is 1. The van der Waals surface area contributed by atoms with Crippen molar-refractivity contribution in [1.29, 1.82) is 0 Å². The van der Waals surface area contributed by atoms with E-state index < -0.39 is 30.0 Å². The first-order valence-electron chi connectivity index (χ1n) is 14.1. The number of ether oxygens (including phenoxy) is 1. The lowest BCUT2D eigenvalue weighted by atomic mass is 9.86. The van der Waals surface area contributed by atoms with Crippen LogP contribution in [0.5, 0.6) is 0 Å². The Bertz CT molecular complexity index is 1770. The van der Waals surface area contributed by atoms with Crippen molar-refractivity contribution in [2.75, 3.05) is 30.0 Å². The van der Waals surface area contributed by atoms with Gasteiger partial charge in [0.1, 0.15) is 17.8 Å². The molecule has 2 fully saturated rings. The second-order valence-corrected chi connectivity index (χ2v) is 11.8. The quantitative estimate of drug-likeness (QED) is 0.320. The highest BCUT2D eigenvalue weighted by atomic mass is 35.5. The van der Waals surface area contributed by atoms with Crippen LogP contribution in [0.25, 0.3) is 21.9 Å². The summed E-state index contributed by atoms with van der Waals surface area (Å²) in [5.74, 6) is -0.852. The molecule has 42 heavy (non-hydrogen) atoms. The molecule has 2 aromatic heterocycles. The highest BCUT2D eigenvalue weighted by Crippen LogP contribution is 2.50. The number of hydrogen-bond acceptors (Lipinski definition) is 6. The Hall–Kier alpha value is -3.96. The Kier molecular flexibility index (Phi) is 6.28. The van der Waals surface area contributed by atoms with Crippen LogP contribution in [0.15, 0.2) is 36.8 Å². The summed E-state index contributed by atoms with van der Waals surface area (Å²) in [7, 11) is 1.63. The highest BCUT2D eigenvalue weighted by Gasteiger charge is 2.51. The summed E-state index contributed by atoms with van der Waals surface area (Å²) < 4.78 is 23.3. The maximum Gasteiger partial charge on any atom is 0.407 e. The van der Waals surface area contributed by atoms with Gasteiger partial charge in [-0.25, -0.2) is 14.2 Å². The largest absolute Gasteiger partial charge is 0.465 e. The normalized spacial score (nSPS) is 24.3. The van der Waals surface area contributed by atoms with Crippen LogP contribution in [-0.4, -0.2) is 68.8 Å². The van der Waals surface area contributed by atoms with Crippen LogP contribution >= 0.6 is 11.6 Å². The highest BCUT2D eigenvalue weighted by molar-refractivity contribution is 6.31. The predicted octanol–water partition coefficient (Wildman–Crippen LogP) is 5.66. The van der Waals surface area contributed by atoms with E-state index in [4.69, 9.17) is 21.3 Å². The maximum absolute atomic E-state index is 15.2. The maximum atomic E-state index is 15.2. The Morgan fingerprint density at radius 1 is 1.19 bits per heavy atom. The molecule has 2 unspecified atom stereocenters. The van der Waals surface area contributed by atoms with Crippen LogP contribution in [-0.2, 0) is 9.53 Å². The number of fused-ring (bicyclic) bond motifs is 6. The second-order valence-electron chi connectivity index (χ2n) is 11.4. The molecule has 0 radical (unpaired) electrons. The number of piperazine rings is 1. The molecular formula is C30H30ClFN6O4. The topological polar surface area (TPSA) is 104 Å². The van der Waals surface area contributed by atoms with Crippen LogP contribution in [0.2, 0.25) is 5.02 Å². The number of nitrogens with zero attached hydrogens (tertiary/aromatic N) is 6. The van der Waals surface area contributed by atoms with Crippen molar-refractivity contribution in [3.63, 3.8) is 0 Å². The number of halogens is 2. The molecule has 12 heteroatoms. The molecule has 0 saturated carbocycles. The average Bonchev–Trinajstić information content (AvgIpc) is 3.40. The number of carbonyl (C=O) groups is 2. The minimum absolute atomic E-state index is 0.0537. The Balaban J connectivity index is 1.51. The van der Waals surface area contributed by atoms with Crippen molar-refractivity contribution in [2.24, 2.45) is 0 Å². The second kappa shape index (κ2) is 9.81. The van der Waals surface area contributed by atoms with Crippen LogP contribution in [0.4, 0.5) is 20.6 Å². The molecule has 1 N–H and O–H groups in total. The van der Waals surface area contributed by atoms with Gasteiger partial charge in [-0.05, 0) is 56.9 Å². The van der Waals surface area contributed by atoms with E-state index >= 15 is 4.39 Å². The van der Waals surface area contributed by atoms with Crippen LogP contribution in [0, 0.1) is 12.7 Å². The van der Waals surface area contributed by atoms with Gasteiger partial charge in [0.15, 0.2) is 5.82 Å². The average molecular weight is 593 g/mol. The number of anilines is 2. The minimum atomic E-state index is -1.12. The van der Waals surface area contributed by atoms with E-state index in [2.05, 4.69) is 4.98 Å². The minimum Gasteiger partial charge on any atom is -0.465 e. The monoisotopic (exact) mass is 592 g/mol. The summed E-state index contributed by atoms with van der Waals surface area (Å²) in [5.41, 5.74) is 4.49. The van der Waals surface area contributed by atoms with Gasteiger partial charge < -0.3 is 29.1 Å². The molecule has 5 heterocycles. The number of imidazole rings is 1. The summed E-state index contributed by atoms with van der Waals surface area (Å²) in [6, 6.07) is 4.78. The van der Waals surface area contributed by atoms with Crippen molar-refractivity contribution in [2.45, 2.75) is 57.5 Å². The van der Waals surface area contributed by atoms with Crippen molar-refractivity contribution >= 4 is 56.9 Å². The molecule has 0 bridgehead atoms. The fourth-order valence-electron chi connectivity index (χ4n) is 6.99. The fraction of sp³-hybridized carbons (Fsp3) is 0.400. The number of aryl methyl sites for hydroxylation is 1. The zero-order valence-corrected chi connectivity index (χ0v) is 24.2. The van der Waals surface area contributed by atoms with E-state index in [0.29, 0.717) is 28.9 Å². The summed E-state index contributed by atoms with van der Waals surface area (Å²) in [6.45, 7) is 4.43. The van der Waals surface area contributed by atoms with E-state index in [1.165, 1.54) is 22.1 Å². The predicted molar refractivity (Wildman–Crippen MR) is 157 cm³/mol. The molecule has 2 aromatic carbocycles. The van der Waals surface area contributed by atoms with Crippen molar-refractivity contribution in [3.8, 4) is 0 Å². The molecule has 0 spiro atoms. The molecule has 218 valence electrons. The molecule has 4 aromatic rings. The lowest BCUT2D eigenvalue weighted by Gasteiger charge is -2.54. The molecule has 3 aliphatic heterocycles. The number of rotatable bonds is 2. The van der Waals surface area contributed by atoms with Crippen molar-refractivity contribution in [3.05, 3.63) is 58.8 Å². The summed E-state index contributed by atoms with van der Waals surface area (Å²) in [5, 5.41) is 10.9. The van der Waals surface area contributed by atoms with Crippen LogP contribution in [0.1, 0.15) is 49.6 Å². The number of carboxylic acid groups (broad SMARTS) is 1. The fourth-order valence-corrected chi connectivity index (χ4v) is 7.20. The molecule has 4 atom stereocenters. The Morgan fingerprint density at radius 3 is 2.74 bits per heavy atom. The van der Waals surface area contributed by atoms with Gasteiger partial charge in [-0.15, -0.1) is 0 Å². The third-order valence-corrected chi connectivity index (χ3v) is 9.26. The van der Waals surface area contributed by atoms with Gasteiger partial charge in [0.25, 0.3) is 5.91 Å². The van der Waals surface area contributed by atoms with Crippen LogP contribution < -0.4 is 9.80 Å². The van der Waals surface area contributed by atoms with Crippen LogP contribution in [0.3, 0.4) is 0 Å². The van der Waals surface area contributed by atoms with Crippen molar-refractivity contribution in [1.82, 2.24) is 19.4 Å². The summed E-state index contributed by atoms with van der Waals surface area (Å²) in [4.78, 5) is 40.4. The lowest BCUT2D eigenvalue weighted by Crippen LogP contribution is -2.66. The van der Waals surface area contributed by atoms with Gasteiger partial charge in [0.05, 0.1) is 53.6 Å². The standard InChI is InChI=1S/C30H30ClFN6O4/c1-15-7-8-20-26(34-14-37(20)23-6-4-5-9-42-23)24(15)27-16(2)36(30(40)41)13-22-29(39)35(3)21-12-33-25-18(28(21)38(22)27)10-17(31)11-19(25)32/h7-8,10-12,14,16,22-23,27H,4-6,9,13H2,1-3H3,(H,40,41)/t16-,22-,23?,27?/m1/s1. The first-order valence-corrected chi connectivity index (χ1v) is 14.5. The van der Waals surface area contributed by atoms with E-state index in [9.17, 15) is 14.7 Å². The Morgan fingerprint density at radius 2 is 2.00 bits per heavy atom. The van der Waals surface area contributed by atoms with E-state index in [-0.39, 0.29) is 29.2 Å². The van der Waals surface area contributed by atoms with Gasteiger partial charge in [0, 0.05) is 29.6 Å². The van der Waals surface area contributed by atoms with Gasteiger partial charge in [-0.1, -0.05) is 17.7 Å². The number of amides is 2. The third kappa shape index (κ3) is 3.86. The number of benzene rings is 2. The molecular weight excluding hydrogens is 563 g/mol. The van der Waals surface area contributed by atoms with Gasteiger partial charge >= 0.3 is 6.09 Å². The summed E-state index contributed by atoms with van der Waals surface area (Å²) >= 11 is 6.36. The van der Waals surface area contributed by atoms with Gasteiger partial charge in [-0.2, -0.15) is 0 Å². The zero-order chi connectivity index (χ0) is 29.4. The first-order chi connectivity index (χ1) is 20.2. The van der Waals surface area contributed by atoms with Crippen molar-refractivity contribution < 1.29 is 23.8 Å². The molecule has 0 aliphatic carbocycles. The third-order valence-electron chi connectivity index (χ3n) is 9.04. The molecule has 10 nitrogen and oxygen atoms in total. The number of pyridine rings is 1.